The summed E-state index contributed by atoms with van der Waals surface area (Å²) in [4.78, 5) is 0. The van der Waals surface area contributed by atoms with Crippen molar-refractivity contribution >= 4 is 0 Å². The van der Waals surface area contributed by atoms with Crippen molar-refractivity contribution in [1.29, 1.82) is 26.3 Å². The molecule has 0 aliphatic heterocycles. The largest absolute Gasteiger partial charge is 0.417 e. The molecule has 11 heteroatoms. The van der Waals surface area contributed by atoms with Crippen molar-refractivity contribution in [2.24, 2.45) is 0 Å². The fraction of sp³-hybridized carbons (Fsp3) is 0.129. The second kappa shape index (κ2) is 12.3. The van der Waals surface area contributed by atoms with Crippen LogP contribution in [0.2, 0.25) is 0 Å². The molecule has 0 aliphatic carbocycles. The van der Waals surface area contributed by atoms with Crippen LogP contribution in [0.25, 0.3) is 0 Å². The lowest BCUT2D eigenvalue weighted by molar-refractivity contribution is -0.138. The van der Waals surface area contributed by atoms with Crippen molar-refractivity contribution in [2.75, 3.05) is 0 Å². The SMILES string of the molecule is N#CCc1c(C#Cc2ccc(C#N)c(C(F)(F)F)c2)cc(C#Cc2ccc(C#N)c(C(F)(F)F)c2)c(CC#N)c1C#N. The fourth-order valence-corrected chi connectivity index (χ4v) is 3.84. The highest BCUT2D eigenvalue weighted by molar-refractivity contribution is 5.64. The normalized spacial score (nSPS) is 10.3. The summed E-state index contributed by atoms with van der Waals surface area (Å²) in [6.07, 6.45) is -10.4. The molecule has 0 atom stereocenters. The van der Waals surface area contributed by atoms with Crippen LogP contribution in [0.3, 0.4) is 0 Å². The maximum Gasteiger partial charge on any atom is 0.417 e. The first-order valence-electron chi connectivity index (χ1n) is 11.5. The second-order valence-corrected chi connectivity index (χ2v) is 8.33. The Morgan fingerprint density at radius 1 is 0.500 bits per heavy atom. The molecule has 0 N–H and O–H groups in total. The summed E-state index contributed by atoms with van der Waals surface area (Å²) in [5.41, 5.74) is -3.80. The van der Waals surface area contributed by atoms with Gasteiger partial charge < -0.3 is 0 Å². The van der Waals surface area contributed by atoms with Crippen LogP contribution in [0.1, 0.15) is 61.2 Å². The van der Waals surface area contributed by atoms with Crippen molar-refractivity contribution in [3.63, 3.8) is 0 Å². The van der Waals surface area contributed by atoms with Crippen LogP contribution in [-0.2, 0) is 25.2 Å². The van der Waals surface area contributed by atoms with Crippen LogP contribution in [0.5, 0.6) is 0 Å². The Bertz CT molecular complexity index is 1800. The summed E-state index contributed by atoms with van der Waals surface area (Å²) >= 11 is 0. The Kier molecular flexibility index (Phi) is 8.91. The van der Waals surface area contributed by atoms with Crippen LogP contribution in [0, 0.1) is 80.3 Å². The number of hydrogen-bond acceptors (Lipinski definition) is 5. The van der Waals surface area contributed by atoms with Gasteiger partial charge in [-0.1, -0.05) is 23.7 Å². The van der Waals surface area contributed by atoms with Gasteiger partial charge in [-0.15, -0.1) is 0 Å². The van der Waals surface area contributed by atoms with Gasteiger partial charge in [0.2, 0.25) is 0 Å². The molecule has 3 aromatic carbocycles. The van der Waals surface area contributed by atoms with Crippen LogP contribution >= 0.6 is 0 Å². The van der Waals surface area contributed by atoms with Gasteiger partial charge in [0.25, 0.3) is 0 Å². The minimum atomic E-state index is -4.83. The van der Waals surface area contributed by atoms with E-state index in [0.29, 0.717) is 12.1 Å². The highest BCUT2D eigenvalue weighted by Gasteiger charge is 2.34. The van der Waals surface area contributed by atoms with Crippen LogP contribution in [-0.4, -0.2) is 0 Å². The van der Waals surface area contributed by atoms with Crippen LogP contribution in [0.15, 0.2) is 42.5 Å². The van der Waals surface area contributed by atoms with Gasteiger partial charge in [-0.2, -0.15) is 52.7 Å². The topological polar surface area (TPSA) is 119 Å². The summed E-state index contributed by atoms with van der Waals surface area (Å²) in [5, 5.41) is 46.5. The molecule has 42 heavy (non-hydrogen) atoms. The molecular weight excluding hydrogens is 556 g/mol. The second-order valence-electron chi connectivity index (χ2n) is 8.33. The van der Waals surface area contributed by atoms with E-state index in [-0.39, 0.29) is 51.8 Å². The van der Waals surface area contributed by atoms with E-state index in [1.807, 2.05) is 18.2 Å². The summed E-state index contributed by atoms with van der Waals surface area (Å²) in [6, 6.07) is 15.4. The van der Waals surface area contributed by atoms with E-state index in [9.17, 15) is 42.1 Å². The molecule has 0 bridgehead atoms. The van der Waals surface area contributed by atoms with Gasteiger partial charge in [-0.05, 0) is 53.6 Å². The molecule has 0 unspecified atom stereocenters. The average Bonchev–Trinajstić information content (AvgIpc) is 2.95. The minimum Gasteiger partial charge on any atom is -0.198 e. The van der Waals surface area contributed by atoms with Crippen LogP contribution < -0.4 is 0 Å². The number of nitrogens with zero attached hydrogens (tertiary/aromatic N) is 5. The summed E-state index contributed by atoms with van der Waals surface area (Å²) in [6.45, 7) is 0. The van der Waals surface area contributed by atoms with Crippen LogP contribution in [0.4, 0.5) is 26.3 Å². The first-order chi connectivity index (χ1) is 19.9. The Balaban J connectivity index is 2.27. The van der Waals surface area contributed by atoms with Gasteiger partial charge in [-0.25, -0.2) is 0 Å². The number of nitriles is 5. The van der Waals surface area contributed by atoms with Gasteiger partial charge in [0.05, 0.1) is 71.0 Å². The van der Waals surface area contributed by atoms with E-state index < -0.39 is 34.6 Å². The molecule has 0 heterocycles. The van der Waals surface area contributed by atoms with E-state index in [2.05, 4.69) is 23.7 Å². The number of rotatable bonds is 2. The van der Waals surface area contributed by atoms with Gasteiger partial charge in [-0.3, -0.25) is 0 Å². The fourth-order valence-electron chi connectivity index (χ4n) is 3.84. The third-order valence-electron chi connectivity index (χ3n) is 5.74. The standard InChI is InChI=1S/C31H11F6N5/c32-30(33,34)28-13-19(3-7-23(28)16-40)1-5-21-15-22(26(10-12-39)27(18-42)25(21)9-11-38)6-2-20-4-8-24(17-41)29(14-20)31(35,36)37/h3-4,7-8,13-15H,9-10H2. The lowest BCUT2D eigenvalue weighted by Crippen LogP contribution is -2.08. The summed E-state index contributed by atoms with van der Waals surface area (Å²) < 4.78 is 80.3. The van der Waals surface area contributed by atoms with E-state index in [1.54, 1.807) is 0 Å². The lowest BCUT2D eigenvalue weighted by Gasteiger charge is -2.11. The third-order valence-corrected chi connectivity index (χ3v) is 5.74. The predicted molar refractivity (Wildman–Crippen MR) is 134 cm³/mol. The minimum absolute atomic E-state index is 0.0211. The number of benzene rings is 3. The van der Waals surface area contributed by atoms with E-state index in [1.165, 1.54) is 30.3 Å². The summed E-state index contributed by atoms with van der Waals surface area (Å²) in [5.74, 6) is 10.3. The quantitative estimate of drug-likeness (QED) is 0.267. The molecule has 0 amide bonds. The zero-order valence-electron chi connectivity index (χ0n) is 21.0. The van der Waals surface area contributed by atoms with Gasteiger partial charge >= 0.3 is 12.4 Å². The first-order valence-corrected chi connectivity index (χ1v) is 11.5. The van der Waals surface area contributed by atoms with Gasteiger partial charge in [0.15, 0.2) is 0 Å². The monoisotopic (exact) mass is 567 g/mol. The summed E-state index contributed by atoms with van der Waals surface area (Å²) in [7, 11) is 0. The molecule has 3 rings (SSSR count). The molecule has 0 aromatic heterocycles. The van der Waals surface area contributed by atoms with E-state index in [0.717, 1.165) is 12.1 Å². The Hall–Kier alpha value is -6.19. The lowest BCUT2D eigenvalue weighted by atomic mass is 9.89. The maximum absolute atomic E-state index is 13.4. The molecule has 0 saturated carbocycles. The predicted octanol–water partition coefficient (Wildman–Crippen LogP) is 6.27. The molecule has 3 aromatic rings. The third kappa shape index (κ3) is 6.68. The van der Waals surface area contributed by atoms with Crippen molar-refractivity contribution < 1.29 is 26.3 Å². The Morgan fingerprint density at radius 3 is 1.21 bits per heavy atom. The molecular formula is C31H11F6N5. The highest BCUT2D eigenvalue weighted by atomic mass is 19.4. The Morgan fingerprint density at radius 2 is 0.905 bits per heavy atom. The first kappa shape index (κ1) is 30.4. The molecule has 5 nitrogen and oxygen atoms in total. The highest BCUT2D eigenvalue weighted by Crippen LogP contribution is 2.33. The smallest absolute Gasteiger partial charge is 0.198 e. The molecule has 0 spiro atoms. The van der Waals surface area contributed by atoms with E-state index >= 15 is 0 Å². The maximum atomic E-state index is 13.4. The molecule has 0 fully saturated rings. The molecule has 0 aliphatic rings. The van der Waals surface area contributed by atoms with Crippen molar-refractivity contribution in [3.8, 4) is 54.0 Å². The molecule has 202 valence electrons. The number of hydrogen-bond donors (Lipinski definition) is 0. The number of alkyl halides is 6. The zero-order valence-corrected chi connectivity index (χ0v) is 21.0. The average molecular weight is 567 g/mol. The Labute approximate surface area is 235 Å². The molecule has 0 saturated heterocycles. The van der Waals surface area contributed by atoms with Crippen molar-refractivity contribution in [1.82, 2.24) is 0 Å². The van der Waals surface area contributed by atoms with Crippen molar-refractivity contribution in [2.45, 2.75) is 25.2 Å². The zero-order chi connectivity index (χ0) is 31.1. The van der Waals surface area contributed by atoms with E-state index in [4.69, 9.17) is 10.5 Å². The molecule has 0 radical (unpaired) electrons. The number of halogens is 6. The van der Waals surface area contributed by atoms with Gasteiger partial charge in [0.1, 0.15) is 0 Å². The van der Waals surface area contributed by atoms with Crippen molar-refractivity contribution in [3.05, 3.63) is 104 Å². The van der Waals surface area contributed by atoms with Gasteiger partial charge in [0, 0.05) is 22.3 Å².